The van der Waals surface area contributed by atoms with Crippen LogP contribution in [0.4, 0.5) is 0 Å². The molecule has 0 bridgehead atoms. The fourth-order valence-corrected chi connectivity index (χ4v) is 2.29. The molecule has 1 aromatic rings. The molecule has 1 aromatic heterocycles. The van der Waals surface area contributed by atoms with Crippen LogP contribution in [-0.4, -0.2) is 21.2 Å². The molecule has 0 aliphatic rings. The normalized spacial score (nSPS) is 12.0. The van der Waals surface area contributed by atoms with Crippen molar-refractivity contribution in [2.75, 3.05) is 5.88 Å². The number of thioether (sulfide) groups is 1. The van der Waals surface area contributed by atoms with E-state index in [1.165, 1.54) is 0 Å². The third-order valence-electron chi connectivity index (χ3n) is 2.33. The monoisotopic (exact) mass is 281 g/mol. The lowest BCUT2D eigenvalue weighted by Gasteiger charge is -2.11. The third kappa shape index (κ3) is 4.04. The smallest absolute Gasteiger partial charge is 0.139 e. The molecule has 0 aliphatic heterocycles. The molecule has 0 saturated heterocycles. The molecule has 0 radical (unpaired) electrons. The van der Waals surface area contributed by atoms with E-state index in [1.807, 2.05) is 13.1 Å². The molecule has 1 rings (SSSR count). The van der Waals surface area contributed by atoms with Crippen LogP contribution >= 0.6 is 35.8 Å². The van der Waals surface area contributed by atoms with E-state index in [1.54, 1.807) is 18.7 Å². The molecule has 0 spiro atoms. The van der Waals surface area contributed by atoms with Crippen LogP contribution in [0.25, 0.3) is 0 Å². The van der Waals surface area contributed by atoms with E-state index in [2.05, 4.69) is 11.9 Å². The van der Waals surface area contributed by atoms with Crippen LogP contribution in [0.3, 0.4) is 0 Å². The van der Waals surface area contributed by atoms with Crippen LogP contribution in [0.2, 0.25) is 0 Å². The summed E-state index contributed by atoms with van der Waals surface area (Å²) in [6.45, 7) is 5.82. The highest BCUT2D eigenvalue weighted by molar-refractivity contribution is 7.99. The first-order valence-electron chi connectivity index (χ1n) is 4.87. The number of hydrogen-bond donors (Lipinski definition) is 1. The summed E-state index contributed by atoms with van der Waals surface area (Å²) in [5, 5.41) is 10.1. The minimum absolute atomic E-state index is 0. The second-order valence-corrected chi connectivity index (χ2v) is 5.35. The van der Waals surface area contributed by atoms with E-state index >= 15 is 0 Å². The van der Waals surface area contributed by atoms with Crippen molar-refractivity contribution in [1.29, 1.82) is 0 Å². The molecule has 1 unspecified atom stereocenters. The van der Waals surface area contributed by atoms with Crippen LogP contribution in [0.15, 0.2) is 6.20 Å². The summed E-state index contributed by atoms with van der Waals surface area (Å²) >= 11 is 7.50. The Morgan fingerprint density at radius 2 is 2.12 bits per heavy atom. The molecule has 0 fully saturated rings. The largest absolute Gasteiger partial charge is 0.506 e. The zero-order valence-electron chi connectivity index (χ0n) is 9.66. The molecular formula is C11H17Cl2NOS. The maximum Gasteiger partial charge on any atom is 0.139 e. The SMILES string of the molecule is Cc1ncc(CSC(C)CCl)c(C)c1O.Cl. The van der Waals surface area contributed by atoms with Gasteiger partial charge in [-0.05, 0) is 25.0 Å². The zero-order chi connectivity index (χ0) is 11.4. The Bertz CT molecular complexity index is 347. The maximum atomic E-state index is 9.71. The van der Waals surface area contributed by atoms with Gasteiger partial charge in [0.15, 0.2) is 0 Å². The van der Waals surface area contributed by atoms with Crippen molar-refractivity contribution >= 4 is 35.8 Å². The highest BCUT2D eigenvalue weighted by Gasteiger charge is 2.08. The molecule has 0 amide bonds. The Labute approximate surface area is 112 Å². The number of rotatable bonds is 4. The quantitative estimate of drug-likeness (QED) is 0.855. The van der Waals surface area contributed by atoms with E-state index in [0.717, 1.165) is 16.9 Å². The van der Waals surface area contributed by atoms with Gasteiger partial charge in [-0.1, -0.05) is 6.92 Å². The second kappa shape index (κ2) is 7.25. The average molecular weight is 282 g/mol. The van der Waals surface area contributed by atoms with Gasteiger partial charge >= 0.3 is 0 Å². The number of pyridine rings is 1. The highest BCUT2D eigenvalue weighted by Crippen LogP contribution is 2.26. The summed E-state index contributed by atoms with van der Waals surface area (Å²) in [5.41, 5.74) is 2.70. The van der Waals surface area contributed by atoms with Crippen LogP contribution in [0.5, 0.6) is 5.75 Å². The van der Waals surface area contributed by atoms with Crippen LogP contribution in [0.1, 0.15) is 23.7 Å². The number of alkyl halides is 1. The van der Waals surface area contributed by atoms with Crippen LogP contribution in [-0.2, 0) is 5.75 Å². The molecule has 16 heavy (non-hydrogen) atoms. The molecule has 0 aromatic carbocycles. The van der Waals surface area contributed by atoms with Gasteiger partial charge in [0.25, 0.3) is 0 Å². The van der Waals surface area contributed by atoms with Crippen molar-refractivity contribution in [2.24, 2.45) is 0 Å². The lowest BCUT2D eigenvalue weighted by Crippen LogP contribution is -1.99. The summed E-state index contributed by atoms with van der Waals surface area (Å²) in [7, 11) is 0. The Morgan fingerprint density at radius 1 is 1.50 bits per heavy atom. The number of nitrogens with zero attached hydrogens (tertiary/aromatic N) is 1. The van der Waals surface area contributed by atoms with Gasteiger partial charge < -0.3 is 5.11 Å². The van der Waals surface area contributed by atoms with Crippen LogP contribution in [0, 0.1) is 13.8 Å². The number of aromatic hydroxyl groups is 1. The van der Waals surface area contributed by atoms with Crippen molar-refractivity contribution in [2.45, 2.75) is 31.8 Å². The topological polar surface area (TPSA) is 33.1 Å². The Kier molecular flexibility index (Phi) is 7.20. The van der Waals surface area contributed by atoms with E-state index in [4.69, 9.17) is 11.6 Å². The van der Waals surface area contributed by atoms with E-state index in [-0.39, 0.29) is 12.4 Å². The number of hydrogen-bond acceptors (Lipinski definition) is 3. The lowest BCUT2D eigenvalue weighted by molar-refractivity contribution is 0.462. The maximum absolute atomic E-state index is 9.71. The minimum atomic E-state index is 0. The molecule has 92 valence electrons. The van der Waals surface area contributed by atoms with Crippen molar-refractivity contribution < 1.29 is 5.11 Å². The van der Waals surface area contributed by atoms with Crippen molar-refractivity contribution in [3.63, 3.8) is 0 Å². The lowest BCUT2D eigenvalue weighted by atomic mass is 10.1. The summed E-state index contributed by atoms with van der Waals surface area (Å²) in [5.74, 6) is 1.81. The Hall–Kier alpha value is -0.120. The first-order valence-corrected chi connectivity index (χ1v) is 6.46. The zero-order valence-corrected chi connectivity index (χ0v) is 12.0. The molecule has 1 atom stereocenters. The molecule has 1 heterocycles. The number of aryl methyl sites for hydroxylation is 1. The average Bonchev–Trinajstić information content (AvgIpc) is 2.24. The standard InChI is InChI=1S/C11H16ClNOS.ClH/c1-7(4-12)15-6-10-5-13-9(3)11(14)8(10)2;/h5,7,14H,4,6H2,1-3H3;1H. The minimum Gasteiger partial charge on any atom is -0.506 e. The second-order valence-electron chi connectivity index (χ2n) is 3.62. The molecule has 2 nitrogen and oxygen atoms in total. The molecule has 0 saturated carbocycles. The van der Waals surface area contributed by atoms with Crippen molar-refractivity contribution in [3.05, 3.63) is 23.0 Å². The van der Waals surface area contributed by atoms with Gasteiger partial charge in [-0.2, -0.15) is 11.8 Å². The van der Waals surface area contributed by atoms with E-state index < -0.39 is 0 Å². The summed E-state index contributed by atoms with van der Waals surface area (Å²) in [6, 6.07) is 0. The van der Waals surface area contributed by atoms with E-state index in [9.17, 15) is 5.11 Å². The Morgan fingerprint density at radius 3 is 2.69 bits per heavy atom. The van der Waals surface area contributed by atoms with Gasteiger partial charge in [0, 0.05) is 23.1 Å². The van der Waals surface area contributed by atoms with Crippen molar-refractivity contribution in [3.8, 4) is 5.75 Å². The van der Waals surface area contributed by atoms with Gasteiger partial charge in [0.2, 0.25) is 0 Å². The molecule has 1 N–H and O–H groups in total. The first kappa shape index (κ1) is 15.9. The summed E-state index contributed by atoms with van der Waals surface area (Å²) < 4.78 is 0. The predicted molar refractivity (Wildman–Crippen MR) is 74.1 cm³/mol. The van der Waals surface area contributed by atoms with E-state index in [0.29, 0.717) is 22.6 Å². The van der Waals surface area contributed by atoms with Gasteiger partial charge in [-0.3, -0.25) is 4.98 Å². The Balaban J connectivity index is 0.00000225. The molecular weight excluding hydrogens is 265 g/mol. The highest BCUT2D eigenvalue weighted by atomic mass is 35.5. The van der Waals surface area contributed by atoms with Gasteiger partial charge in [-0.25, -0.2) is 0 Å². The van der Waals surface area contributed by atoms with Gasteiger partial charge in [0.1, 0.15) is 5.75 Å². The van der Waals surface area contributed by atoms with Gasteiger partial charge in [-0.15, -0.1) is 24.0 Å². The first-order chi connectivity index (χ1) is 7.06. The third-order valence-corrected chi connectivity index (χ3v) is 4.19. The fraction of sp³-hybridized carbons (Fsp3) is 0.545. The number of halogens is 2. The van der Waals surface area contributed by atoms with Crippen molar-refractivity contribution in [1.82, 2.24) is 4.98 Å². The molecule has 0 aliphatic carbocycles. The summed E-state index contributed by atoms with van der Waals surface area (Å²) in [6.07, 6.45) is 1.83. The fourth-order valence-electron chi connectivity index (χ4n) is 1.18. The predicted octanol–water partition coefficient (Wildman–Crippen LogP) is 3.69. The van der Waals surface area contributed by atoms with Crippen LogP contribution < -0.4 is 0 Å². The number of aromatic nitrogens is 1. The van der Waals surface area contributed by atoms with Gasteiger partial charge in [0.05, 0.1) is 5.69 Å². The molecule has 5 heteroatoms. The summed E-state index contributed by atoms with van der Waals surface area (Å²) in [4.78, 5) is 4.15.